The second-order valence-electron chi connectivity index (χ2n) is 12.0. The van der Waals surface area contributed by atoms with E-state index in [1.807, 2.05) is 0 Å². The number of aliphatic hydroxyl groups excluding tert-OH is 2. The first kappa shape index (κ1) is 22.6. The van der Waals surface area contributed by atoms with Crippen molar-refractivity contribution in [2.24, 2.45) is 52.3 Å². The van der Waals surface area contributed by atoms with Gasteiger partial charge in [0.2, 0.25) is 0 Å². The molecular weight excluding hydrogens is 376 g/mol. The van der Waals surface area contributed by atoms with Gasteiger partial charge in [0.05, 0.1) is 12.2 Å². The van der Waals surface area contributed by atoms with Crippen molar-refractivity contribution in [1.82, 2.24) is 0 Å². The summed E-state index contributed by atoms with van der Waals surface area (Å²) < 4.78 is 0. The lowest BCUT2D eigenvalue weighted by Crippen LogP contribution is -2.62. The van der Waals surface area contributed by atoms with Crippen LogP contribution < -0.4 is 0 Å². The number of carbonyl (C=O) groups is 1. The fourth-order valence-electron chi connectivity index (χ4n) is 9.48. The Labute approximate surface area is 182 Å². The molecule has 0 aromatic rings. The molecule has 0 aliphatic heterocycles. The molecule has 0 aromatic carbocycles. The summed E-state index contributed by atoms with van der Waals surface area (Å²) in [4.78, 5) is 11.1. The van der Waals surface area contributed by atoms with E-state index in [1.165, 1.54) is 25.7 Å². The monoisotopic (exact) mass is 420 g/mol. The third-order valence-electron chi connectivity index (χ3n) is 11.0. The Balaban J connectivity index is 1.61. The minimum atomic E-state index is -0.683. The van der Waals surface area contributed by atoms with Gasteiger partial charge in [-0.15, -0.1) is 0 Å². The lowest BCUT2D eigenvalue weighted by atomic mass is 9.41. The molecule has 0 bridgehead atoms. The highest BCUT2D eigenvalue weighted by Gasteiger charge is 2.64. The summed E-state index contributed by atoms with van der Waals surface area (Å²) in [5.41, 5.74) is 0.480. The zero-order valence-electron chi connectivity index (χ0n) is 19.5. The summed E-state index contributed by atoms with van der Waals surface area (Å²) >= 11 is 0. The fourth-order valence-corrected chi connectivity index (χ4v) is 9.48. The first-order valence-corrected chi connectivity index (χ1v) is 12.7. The van der Waals surface area contributed by atoms with Crippen LogP contribution in [0.2, 0.25) is 0 Å². The Kier molecular flexibility index (Phi) is 6.07. The van der Waals surface area contributed by atoms with Crippen LogP contribution in [0, 0.1) is 52.3 Å². The van der Waals surface area contributed by atoms with Crippen molar-refractivity contribution >= 4 is 5.97 Å². The first-order chi connectivity index (χ1) is 14.1. The number of carboxylic acid groups (broad SMARTS) is 1. The SMILES string of the molecule is CC[C@@H]1C2C[C@H](O)CC[C@]2(C)[C@H]2CC[C@]3(C)[C@@H]([C@H](C)CCC(=O)O)CC[C@H]3[C@@H]2[C@@H]1O. The Bertz CT molecular complexity index is 649. The standard InChI is InChI=1S/C26H44O4/c1-5-17-21-14-16(27)10-12-26(21,4)20-11-13-25(3)18(15(2)6-9-22(28)29)7-8-19(25)23(20)24(17)30/h15-21,23-24,27,30H,5-14H2,1-4H3,(H,28,29)/t15-,16-,17-,18-,19+,20+,21?,23+,24-,25-,26-/m1/s1. The molecule has 0 spiro atoms. The molecule has 11 atom stereocenters. The van der Waals surface area contributed by atoms with Gasteiger partial charge in [-0.1, -0.05) is 34.1 Å². The van der Waals surface area contributed by atoms with Crippen molar-refractivity contribution < 1.29 is 20.1 Å². The van der Waals surface area contributed by atoms with E-state index in [2.05, 4.69) is 27.7 Å². The molecule has 4 fully saturated rings. The average Bonchev–Trinajstić information content (AvgIpc) is 3.05. The van der Waals surface area contributed by atoms with E-state index < -0.39 is 5.97 Å². The van der Waals surface area contributed by atoms with Crippen molar-refractivity contribution in [2.75, 3.05) is 0 Å². The van der Waals surface area contributed by atoms with Gasteiger partial charge < -0.3 is 15.3 Å². The third kappa shape index (κ3) is 3.36. The fraction of sp³-hybridized carbons (Fsp3) is 0.962. The van der Waals surface area contributed by atoms with Crippen molar-refractivity contribution in [3.63, 3.8) is 0 Å². The highest BCUT2D eigenvalue weighted by Crippen LogP contribution is 2.69. The lowest BCUT2D eigenvalue weighted by molar-refractivity contribution is -0.203. The van der Waals surface area contributed by atoms with Crippen molar-refractivity contribution in [3.8, 4) is 0 Å². The van der Waals surface area contributed by atoms with Gasteiger partial charge in [0.1, 0.15) is 0 Å². The quantitative estimate of drug-likeness (QED) is 0.577. The maximum Gasteiger partial charge on any atom is 0.303 e. The molecule has 0 saturated heterocycles. The van der Waals surface area contributed by atoms with Crippen molar-refractivity contribution in [2.45, 2.75) is 104 Å². The molecule has 0 amide bonds. The van der Waals surface area contributed by atoms with Crippen LogP contribution in [0.3, 0.4) is 0 Å². The second-order valence-corrected chi connectivity index (χ2v) is 12.0. The number of carboxylic acids is 1. The van der Waals surface area contributed by atoms with Crippen LogP contribution in [0.15, 0.2) is 0 Å². The summed E-state index contributed by atoms with van der Waals surface area (Å²) in [6, 6.07) is 0. The van der Waals surface area contributed by atoms with E-state index in [0.29, 0.717) is 41.4 Å². The Morgan fingerprint density at radius 2 is 1.67 bits per heavy atom. The molecule has 4 heteroatoms. The summed E-state index contributed by atoms with van der Waals surface area (Å²) in [6.45, 7) is 9.44. The van der Waals surface area contributed by atoms with E-state index in [4.69, 9.17) is 5.11 Å². The summed E-state index contributed by atoms with van der Waals surface area (Å²) in [6.07, 6.45) is 9.27. The van der Waals surface area contributed by atoms with Gasteiger partial charge in [0.15, 0.2) is 0 Å². The number of fused-ring (bicyclic) bond motifs is 5. The third-order valence-corrected chi connectivity index (χ3v) is 11.0. The lowest BCUT2D eigenvalue weighted by Gasteiger charge is -2.64. The van der Waals surface area contributed by atoms with Crippen LogP contribution in [0.4, 0.5) is 0 Å². The van der Waals surface area contributed by atoms with Crippen LogP contribution in [0.1, 0.15) is 91.9 Å². The first-order valence-electron chi connectivity index (χ1n) is 12.7. The van der Waals surface area contributed by atoms with Crippen LogP contribution in [-0.4, -0.2) is 33.5 Å². The molecule has 4 rings (SSSR count). The van der Waals surface area contributed by atoms with Gasteiger partial charge in [-0.3, -0.25) is 4.79 Å². The van der Waals surface area contributed by atoms with Gasteiger partial charge in [-0.2, -0.15) is 0 Å². The predicted octanol–water partition coefficient (Wildman–Crippen LogP) is 5.11. The summed E-state index contributed by atoms with van der Waals surface area (Å²) in [5, 5.41) is 31.3. The topological polar surface area (TPSA) is 77.8 Å². The molecule has 4 saturated carbocycles. The highest BCUT2D eigenvalue weighted by atomic mass is 16.4. The Morgan fingerprint density at radius 3 is 2.33 bits per heavy atom. The molecule has 1 unspecified atom stereocenters. The number of aliphatic hydroxyl groups is 2. The molecule has 0 heterocycles. The molecule has 4 aliphatic rings. The van der Waals surface area contributed by atoms with E-state index in [-0.39, 0.29) is 29.5 Å². The molecule has 0 radical (unpaired) electrons. The number of hydrogen-bond acceptors (Lipinski definition) is 3. The average molecular weight is 421 g/mol. The normalized spacial score (nSPS) is 51.5. The van der Waals surface area contributed by atoms with Gasteiger partial charge >= 0.3 is 5.97 Å². The van der Waals surface area contributed by atoms with Crippen molar-refractivity contribution in [3.05, 3.63) is 0 Å². The number of rotatable bonds is 5. The van der Waals surface area contributed by atoms with E-state index >= 15 is 0 Å². The minimum Gasteiger partial charge on any atom is -0.481 e. The van der Waals surface area contributed by atoms with Gasteiger partial charge in [-0.05, 0) is 104 Å². The molecule has 0 aromatic heterocycles. The highest BCUT2D eigenvalue weighted by molar-refractivity contribution is 5.66. The molecule has 4 aliphatic carbocycles. The van der Waals surface area contributed by atoms with E-state index in [0.717, 1.165) is 32.1 Å². The van der Waals surface area contributed by atoms with E-state index in [9.17, 15) is 15.0 Å². The zero-order chi connectivity index (χ0) is 21.8. The molecule has 3 N–H and O–H groups in total. The van der Waals surface area contributed by atoms with Crippen LogP contribution in [0.5, 0.6) is 0 Å². The van der Waals surface area contributed by atoms with Crippen molar-refractivity contribution in [1.29, 1.82) is 0 Å². The Morgan fingerprint density at radius 1 is 1.00 bits per heavy atom. The van der Waals surface area contributed by atoms with Gasteiger partial charge in [0, 0.05) is 6.42 Å². The maximum absolute atomic E-state index is 11.7. The zero-order valence-corrected chi connectivity index (χ0v) is 19.5. The predicted molar refractivity (Wildman–Crippen MR) is 118 cm³/mol. The van der Waals surface area contributed by atoms with Gasteiger partial charge in [0.25, 0.3) is 0 Å². The largest absolute Gasteiger partial charge is 0.481 e. The van der Waals surface area contributed by atoms with Crippen LogP contribution in [-0.2, 0) is 4.79 Å². The maximum atomic E-state index is 11.7. The van der Waals surface area contributed by atoms with Crippen LogP contribution >= 0.6 is 0 Å². The second kappa shape index (κ2) is 8.06. The minimum absolute atomic E-state index is 0.194. The summed E-state index contributed by atoms with van der Waals surface area (Å²) in [5.74, 6) is 2.58. The van der Waals surface area contributed by atoms with E-state index in [1.54, 1.807) is 0 Å². The number of aliphatic carboxylic acids is 1. The molecule has 4 nitrogen and oxygen atoms in total. The van der Waals surface area contributed by atoms with Gasteiger partial charge in [-0.25, -0.2) is 0 Å². The smallest absolute Gasteiger partial charge is 0.303 e. The molecular formula is C26H44O4. The number of hydrogen-bond donors (Lipinski definition) is 3. The van der Waals surface area contributed by atoms with Crippen LogP contribution in [0.25, 0.3) is 0 Å². The molecule has 30 heavy (non-hydrogen) atoms. The molecule has 172 valence electrons. The Hall–Kier alpha value is -0.610. The summed E-state index contributed by atoms with van der Waals surface area (Å²) in [7, 11) is 0.